The van der Waals surface area contributed by atoms with Gasteiger partial charge in [-0.15, -0.1) is 0 Å². The van der Waals surface area contributed by atoms with E-state index >= 15 is 0 Å². The summed E-state index contributed by atoms with van der Waals surface area (Å²) < 4.78 is 0. The van der Waals surface area contributed by atoms with Gasteiger partial charge in [0, 0.05) is 23.2 Å². The summed E-state index contributed by atoms with van der Waals surface area (Å²) in [6.07, 6.45) is 4.97. The monoisotopic (exact) mass is 308 g/mol. The van der Waals surface area contributed by atoms with E-state index in [0.717, 1.165) is 5.69 Å². The Hall–Kier alpha value is -2.36. The second kappa shape index (κ2) is 5.08. The van der Waals surface area contributed by atoms with Crippen LogP contribution < -0.4 is 5.73 Å². The van der Waals surface area contributed by atoms with Crippen LogP contribution in [0.2, 0.25) is 0 Å². The Kier molecular flexibility index (Phi) is 3.15. The zero-order valence-electron chi connectivity index (χ0n) is 12.9. The van der Waals surface area contributed by atoms with Gasteiger partial charge >= 0.3 is 0 Å². The van der Waals surface area contributed by atoms with Crippen LogP contribution in [-0.4, -0.2) is 4.92 Å². The third-order valence-electron chi connectivity index (χ3n) is 5.96. The lowest BCUT2D eigenvalue weighted by Crippen LogP contribution is -2.33. The molecule has 2 aromatic carbocycles. The molecule has 0 atom stereocenters. The number of non-ortho nitro benzene ring substituents is 1. The van der Waals surface area contributed by atoms with Gasteiger partial charge < -0.3 is 5.73 Å². The Morgan fingerprint density at radius 1 is 0.870 bits per heavy atom. The molecular formula is C19H20N2O2. The fourth-order valence-electron chi connectivity index (χ4n) is 5.06. The van der Waals surface area contributed by atoms with Gasteiger partial charge in [-0.05, 0) is 60.8 Å². The molecule has 2 aromatic rings. The van der Waals surface area contributed by atoms with Crippen molar-refractivity contribution in [3.63, 3.8) is 0 Å². The number of nitro groups is 1. The molecule has 0 aliphatic heterocycles. The first-order valence-electron chi connectivity index (χ1n) is 8.23. The SMILES string of the molecule is Nc1ccc(C2(c3ccc([N+](=O)[O-])cc3)C3CCC2CC3)cc1. The maximum Gasteiger partial charge on any atom is 0.269 e. The van der Waals surface area contributed by atoms with Crippen LogP contribution in [0.5, 0.6) is 0 Å². The number of nitrogens with zero attached hydrogens (tertiary/aromatic N) is 1. The average molecular weight is 308 g/mol. The lowest BCUT2D eigenvalue weighted by Gasteiger charge is -2.36. The van der Waals surface area contributed by atoms with Crippen molar-refractivity contribution in [1.29, 1.82) is 0 Å². The second-order valence-corrected chi connectivity index (χ2v) is 6.84. The fourth-order valence-corrected chi connectivity index (χ4v) is 5.06. The minimum absolute atomic E-state index is 0.00281. The Labute approximate surface area is 135 Å². The van der Waals surface area contributed by atoms with E-state index in [-0.39, 0.29) is 16.0 Å². The molecule has 0 heterocycles. The molecule has 0 aromatic heterocycles. The molecule has 4 rings (SSSR count). The largest absolute Gasteiger partial charge is 0.399 e. The number of nitrogen functional groups attached to an aromatic ring is 1. The molecule has 0 radical (unpaired) electrons. The smallest absolute Gasteiger partial charge is 0.269 e. The van der Waals surface area contributed by atoms with Gasteiger partial charge in [-0.3, -0.25) is 10.1 Å². The van der Waals surface area contributed by atoms with Crippen molar-refractivity contribution in [3.8, 4) is 0 Å². The van der Waals surface area contributed by atoms with Crippen LogP contribution in [0.25, 0.3) is 0 Å². The number of rotatable bonds is 3. The number of hydrogen-bond acceptors (Lipinski definition) is 3. The summed E-state index contributed by atoms with van der Waals surface area (Å²) in [7, 11) is 0. The molecule has 2 saturated carbocycles. The first-order valence-corrected chi connectivity index (χ1v) is 8.23. The molecule has 118 valence electrons. The number of hydrogen-bond donors (Lipinski definition) is 1. The van der Waals surface area contributed by atoms with Crippen LogP contribution in [0.1, 0.15) is 36.8 Å². The van der Waals surface area contributed by atoms with E-state index < -0.39 is 0 Å². The third kappa shape index (κ3) is 1.97. The molecule has 2 bridgehead atoms. The van der Waals surface area contributed by atoms with Gasteiger partial charge in [0.1, 0.15) is 0 Å². The first-order chi connectivity index (χ1) is 11.1. The molecule has 2 fully saturated rings. The Balaban J connectivity index is 1.87. The van der Waals surface area contributed by atoms with Gasteiger partial charge in [-0.25, -0.2) is 0 Å². The second-order valence-electron chi connectivity index (χ2n) is 6.84. The number of nitrogens with two attached hydrogens (primary N) is 1. The Morgan fingerprint density at radius 3 is 1.74 bits per heavy atom. The molecule has 4 nitrogen and oxygen atoms in total. The molecule has 0 spiro atoms. The zero-order chi connectivity index (χ0) is 16.0. The van der Waals surface area contributed by atoms with E-state index in [1.54, 1.807) is 12.1 Å². The lowest BCUT2D eigenvalue weighted by molar-refractivity contribution is -0.384. The summed E-state index contributed by atoms with van der Waals surface area (Å²) in [5.74, 6) is 1.25. The summed E-state index contributed by atoms with van der Waals surface area (Å²) in [5, 5.41) is 11.0. The maximum absolute atomic E-state index is 11.0. The number of anilines is 1. The molecule has 23 heavy (non-hydrogen) atoms. The van der Waals surface area contributed by atoms with Gasteiger partial charge in [0.2, 0.25) is 0 Å². The van der Waals surface area contributed by atoms with Crippen LogP contribution in [-0.2, 0) is 5.41 Å². The van der Waals surface area contributed by atoms with Crippen molar-refractivity contribution in [1.82, 2.24) is 0 Å². The van der Waals surface area contributed by atoms with Gasteiger partial charge in [0.15, 0.2) is 0 Å². The van der Waals surface area contributed by atoms with Crippen molar-refractivity contribution in [3.05, 3.63) is 69.8 Å². The van der Waals surface area contributed by atoms with E-state index in [2.05, 4.69) is 12.1 Å². The number of fused-ring (bicyclic) bond motifs is 2. The summed E-state index contributed by atoms with van der Waals surface area (Å²) in [6, 6.07) is 15.5. The van der Waals surface area contributed by atoms with Gasteiger partial charge in [-0.2, -0.15) is 0 Å². The molecular weight excluding hydrogens is 288 g/mol. The highest BCUT2D eigenvalue weighted by Crippen LogP contribution is 2.62. The van der Waals surface area contributed by atoms with Crippen molar-refractivity contribution in [2.75, 3.05) is 5.73 Å². The quantitative estimate of drug-likeness (QED) is 0.522. The number of benzene rings is 2. The van der Waals surface area contributed by atoms with Crippen LogP contribution in [0.4, 0.5) is 11.4 Å². The van der Waals surface area contributed by atoms with Crippen molar-refractivity contribution >= 4 is 11.4 Å². The molecule has 0 saturated heterocycles. The van der Waals surface area contributed by atoms with Gasteiger partial charge in [-0.1, -0.05) is 24.3 Å². The topological polar surface area (TPSA) is 69.2 Å². The predicted octanol–water partition coefficient (Wildman–Crippen LogP) is 4.28. The zero-order valence-corrected chi connectivity index (χ0v) is 12.9. The van der Waals surface area contributed by atoms with Gasteiger partial charge in [0.25, 0.3) is 5.69 Å². The van der Waals surface area contributed by atoms with Crippen LogP contribution in [0.3, 0.4) is 0 Å². The molecule has 0 unspecified atom stereocenters. The highest BCUT2D eigenvalue weighted by atomic mass is 16.6. The molecule has 4 heteroatoms. The molecule has 2 aliphatic carbocycles. The maximum atomic E-state index is 11.0. The average Bonchev–Trinajstić information content (AvgIpc) is 3.12. The minimum atomic E-state index is -0.330. The van der Waals surface area contributed by atoms with E-state index in [1.165, 1.54) is 36.8 Å². The number of nitro benzene ring substituents is 1. The summed E-state index contributed by atoms with van der Waals surface area (Å²) in [5.41, 5.74) is 9.34. The Bertz CT molecular complexity index is 717. The normalized spacial score (nSPS) is 28.9. The highest BCUT2D eigenvalue weighted by molar-refractivity contribution is 5.50. The van der Waals surface area contributed by atoms with E-state index in [9.17, 15) is 10.1 Å². The van der Waals surface area contributed by atoms with Crippen LogP contribution >= 0.6 is 0 Å². The van der Waals surface area contributed by atoms with Crippen molar-refractivity contribution < 1.29 is 4.92 Å². The van der Waals surface area contributed by atoms with E-state index in [4.69, 9.17) is 5.73 Å². The fraction of sp³-hybridized carbons (Fsp3) is 0.368. The van der Waals surface area contributed by atoms with Crippen molar-refractivity contribution in [2.24, 2.45) is 11.8 Å². The van der Waals surface area contributed by atoms with Crippen LogP contribution in [0, 0.1) is 22.0 Å². The highest BCUT2D eigenvalue weighted by Gasteiger charge is 2.56. The van der Waals surface area contributed by atoms with E-state index in [1.807, 2.05) is 24.3 Å². The Morgan fingerprint density at radius 2 is 1.30 bits per heavy atom. The lowest BCUT2D eigenvalue weighted by atomic mass is 9.67. The van der Waals surface area contributed by atoms with Crippen LogP contribution in [0.15, 0.2) is 48.5 Å². The summed E-state index contributed by atoms with van der Waals surface area (Å²) in [6.45, 7) is 0. The third-order valence-corrected chi connectivity index (χ3v) is 5.96. The van der Waals surface area contributed by atoms with Crippen molar-refractivity contribution in [2.45, 2.75) is 31.1 Å². The first kappa shape index (κ1) is 14.2. The summed E-state index contributed by atoms with van der Waals surface area (Å²) >= 11 is 0. The van der Waals surface area contributed by atoms with Gasteiger partial charge in [0.05, 0.1) is 4.92 Å². The minimum Gasteiger partial charge on any atom is -0.399 e. The van der Waals surface area contributed by atoms with E-state index in [0.29, 0.717) is 11.8 Å². The molecule has 2 aliphatic rings. The molecule has 2 N–H and O–H groups in total. The summed E-state index contributed by atoms with van der Waals surface area (Å²) in [4.78, 5) is 10.6. The molecule has 0 amide bonds. The standard InChI is InChI=1S/C19H20N2O2/c20-17-9-5-15(6-10-17)19(13-1-2-14(19)4-3-13)16-7-11-18(12-8-16)21(22)23/h5-14H,1-4,20H2. The predicted molar refractivity (Wildman–Crippen MR) is 90.2 cm³/mol.